The molecule has 1 unspecified atom stereocenters. The van der Waals surface area contributed by atoms with Crippen LogP contribution in [0.5, 0.6) is 0 Å². The number of fused-ring (bicyclic) bond motifs is 3. The highest BCUT2D eigenvalue weighted by atomic mass is 14.2. The largest absolute Gasteiger partial charge is 0.0761 e. The lowest BCUT2D eigenvalue weighted by atomic mass is 9.82. The number of hydrogen-bond donors (Lipinski definition) is 0. The second-order valence-corrected chi connectivity index (χ2v) is 11.2. The van der Waals surface area contributed by atoms with Crippen LogP contribution in [0.25, 0.3) is 60.1 Å². The molecule has 0 heteroatoms. The number of hydrogen-bond acceptors (Lipinski definition) is 0. The highest BCUT2D eigenvalue weighted by molar-refractivity contribution is 6.21. The van der Waals surface area contributed by atoms with Crippen molar-refractivity contribution in [2.24, 2.45) is 0 Å². The summed E-state index contributed by atoms with van der Waals surface area (Å²) in [6.45, 7) is 0. The van der Waals surface area contributed by atoms with Gasteiger partial charge >= 0.3 is 0 Å². The van der Waals surface area contributed by atoms with Gasteiger partial charge < -0.3 is 0 Å². The van der Waals surface area contributed by atoms with Crippen molar-refractivity contribution in [1.29, 1.82) is 0 Å². The SMILES string of the molecule is C1=CC(c2ccc(-c3ccccc3)cc2)CC=C1c1c2ccccc2c(-c2cccc3ccccc23)c2ccccc12. The minimum Gasteiger partial charge on any atom is -0.0761 e. The summed E-state index contributed by atoms with van der Waals surface area (Å²) in [7, 11) is 0. The molecule has 0 N–H and O–H groups in total. The molecule has 0 nitrogen and oxygen atoms in total. The first-order valence-electron chi connectivity index (χ1n) is 14.8. The topological polar surface area (TPSA) is 0 Å². The lowest BCUT2D eigenvalue weighted by Gasteiger charge is -2.22. The van der Waals surface area contributed by atoms with Crippen molar-refractivity contribution in [3.63, 3.8) is 0 Å². The van der Waals surface area contributed by atoms with Crippen LogP contribution in [0.4, 0.5) is 0 Å². The second-order valence-electron chi connectivity index (χ2n) is 11.2. The lowest BCUT2D eigenvalue weighted by molar-refractivity contribution is 0.857. The summed E-state index contributed by atoms with van der Waals surface area (Å²) in [6, 6.07) is 53.0. The van der Waals surface area contributed by atoms with Crippen molar-refractivity contribution in [2.45, 2.75) is 12.3 Å². The van der Waals surface area contributed by atoms with Gasteiger partial charge in [0.2, 0.25) is 0 Å². The zero-order valence-electron chi connectivity index (χ0n) is 23.4. The summed E-state index contributed by atoms with van der Waals surface area (Å²) < 4.78 is 0. The van der Waals surface area contributed by atoms with E-state index in [4.69, 9.17) is 0 Å². The molecule has 0 bridgehead atoms. The molecule has 1 aliphatic carbocycles. The van der Waals surface area contributed by atoms with Crippen LogP contribution in [0.1, 0.15) is 23.5 Å². The van der Waals surface area contributed by atoms with Crippen LogP contribution in [0.15, 0.2) is 164 Å². The van der Waals surface area contributed by atoms with Crippen LogP contribution in [0, 0.1) is 0 Å². The second kappa shape index (κ2) is 10.3. The third-order valence-electron chi connectivity index (χ3n) is 8.82. The molecule has 42 heavy (non-hydrogen) atoms. The molecule has 0 radical (unpaired) electrons. The average molecular weight is 535 g/mol. The van der Waals surface area contributed by atoms with Crippen molar-refractivity contribution in [1.82, 2.24) is 0 Å². The van der Waals surface area contributed by atoms with E-state index < -0.39 is 0 Å². The molecule has 0 amide bonds. The average Bonchev–Trinajstić information content (AvgIpc) is 3.07. The Bertz CT molecular complexity index is 2080. The summed E-state index contributed by atoms with van der Waals surface area (Å²) in [5.74, 6) is 0.381. The van der Waals surface area contributed by atoms with Gasteiger partial charge in [-0.2, -0.15) is 0 Å². The molecule has 0 aromatic heterocycles. The van der Waals surface area contributed by atoms with E-state index in [0.29, 0.717) is 5.92 Å². The van der Waals surface area contributed by atoms with Crippen molar-refractivity contribution >= 4 is 37.9 Å². The molecule has 7 aromatic rings. The molecule has 7 aromatic carbocycles. The molecule has 198 valence electrons. The predicted octanol–water partition coefficient (Wildman–Crippen LogP) is 11.6. The molecule has 0 aliphatic heterocycles. The first-order valence-corrected chi connectivity index (χ1v) is 14.8. The van der Waals surface area contributed by atoms with Crippen LogP contribution in [-0.4, -0.2) is 0 Å². The molecule has 0 spiro atoms. The highest BCUT2D eigenvalue weighted by Crippen LogP contribution is 2.45. The number of benzene rings is 7. The Labute approximate surface area is 246 Å². The Morgan fingerprint density at radius 1 is 0.429 bits per heavy atom. The van der Waals surface area contributed by atoms with Gasteiger partial charge in [0.15, 0.2) is 0 Å². The van der Waals surface area contributed by atoms with Crippen LogP contribution >= 0.6 is 0 Å². The van der Waals surface area contributed by atoms with E-state index >= 15 is 0 Å². The summed E-state index contributed by atoms with van der Waals surface area (Å²) in [5.41, 5.74) is 9.14. The Balaban J connectivity index is 1.23. The van der Waals surface area contributed by atoms with Crippen molar-refractivity contribution in [3.05, 3.63) is 175 Å². The van der Waals surface area contributed by atoms with Crippen molar-refractivity contribution in [3.8, 4) is 22.3 Å². The monoisotopic (exact) mass is 534 g/mol. The normalized spacial score (nSPS) is 14.9. The summed E-state index contributed by atoms with van der Waals surface area (Å²) in [6.07, 6.45) is 8.19. The minimum atomic E-state index is 0.381. The maximum Gasteiger partial charge on any atom is 0.00561 e. The molecule has 0 saturated carbocycles. The molecule has 1 atom stereocenters. The predicted molar refractivity (Wildman–Crippen MR) is 181 cm³/mol. The molecule has 0 saturated heterocycles. The fourth-order valence-electron chi connectivity index (χ4n) is 6.78. The van der Waals surface area contributed by atoms with E-state index in [9.17, 15) is 0 Å². The third-order valence-corrected chi connectivity index (χ3v) is 8.82. The van der Waals surface area contributed by atoms with Crippen LogP contribution in [0.3, 0.4) is 0 Å². The number of rotatable bonds is 4. The van der Waals surface area contributed by atoms with Gasteiger partial charge in [-0.25, -0.2) is 0 Å². The smallest absolute Gasteiger partial charge is 0.00561 e. The van der Waals surface area contributed by atoms with Gasteiger partial charge in [-0.1, -0.05) is 164 Å². The fraction of sp³-hybridized carbons (Fsp3) is 0.0476. The van der Waals surface area contributed by atoms with Gasteiger partial charge in [-0.3, -0.25) is 0 Å². The zero-order chi connectivity index (χ0) is 27.9. The summed E-state index contributed by atoms with van der Waals surface area (Å²) in [5, 5.41) is 7.78. The van der Waals surface area contributed by atoms with Crippen molar-refractivity contribution < 1.29 is 0 Å². The van der Waals surface area contributed by atoms with Gasteiger partial charge in [0.1, 0.15) is 0 Å². The third kappa shape index (κ3) is 4.16. The zero-order valence-corrected chi connectivity index (χ0v) is 23.4. The van der Waals surface area contributed by atoms with Gasteiger partial charge in [0.05, 0.1) is 0 Å². The van der Waals surface area contributed by atoms with Crippen LogP contribution in [-0.2, 0) is 0 Å². The van der Waals surface area contributed by atoms with E-state index in [0.717, 1.165) is 6.42 Å². The quantitative estimate of drug-likeness (QED) is 0.197. The lowest BCUT2D eigenvalue weighted by Crippen LogP contribution is -2.00. The van der Waals surface area contributed by atoms with E-state index in [1.165, 1.54) is 71.3 Å². The van der Waals surface area contributed by atoms with Crippen molar-refractivity contribution in [2.75, 3.05) is 0 Å². The van der Waals surface area contributed by atoms with Gasteiger partial charge in [0, 0.05) is 5.92 Å². The van der Waals surface area contributed by atoms with Gasteiger partial charge in [-0.15, -0.1) is 0 Å². The maximum atomic E-state index is 2.45. The van der Waals surface area contributed by atoms with E-state index in [2.05, 4.69) is 164 Å². The Morgan fingerprint density at radius 3 is 1.62 bits per heavy atom. The molecule has 0 heterocycles. The molecular weight excluding hydrogens is 504 g/mol. The Morgan fingerprint density at radius 2 is 0.976 bits per heavy atom. The summed E-state index contributed by atoms with van der Waals surface area (Å²) in [4.78, 5) is 0. The fourth-order valence-corrected chi connectivity index (χ4v) is 6.78. The van der Waals surface area contributed by atoms with Crippen LogP contribution in [0.2, 0.25) is 0 Å². The van der Waals surface area contributed by atoms with E-state index in [1.54, 1.807) is 0 Å². The molecular formula is C42H30. The minimum absolute atomic E-state index is 0.381. The van der Waals surface area contributed by atoms with E-state index in [-0.39, 0.29) is 0 Å². The van der Waals surface area contributed by atoms with Crippen LogP contribution < -0.4 is 0 Å². The maximum absolute atomic E-state index is 2.45. The Kier molecular flexibility index (Phi) is 6.04. The number of allylic oxidation sites excluding steroid dienone is 4. The summed E-state index contributed by atoms with van der Waals surface area (Å²) >= 11 is 0. The van der Waals surface area contributed by atoms with Gasteiger partial charge in [0.25, 0.3) is 0 Å². The molecule has 8 rings (SSSR count). The highest BCUT2D eigenvalue weighted by Gasteiger charge is 2.20. The molecule has 1 aliphatic rings. The van der Waals surface area contributed by atoms with Gasteiger partial charge in [-0.05, 0) is 77.7 Å². The first-order chi connectivity index (χ1) is 20.8. The first kappa shape index (κ1) is 24.6. The standard InChI is InChI=1S/C42H30/c1-2-11-29(12-3-1)30-21-23-31(24-22-30)32-25-27-34(28-26-32)41-37-16-6-8-18-39(37)42(40-19-9-7-17-38(40)41)36-20-10-14-33-13-4-5-15-35(33)36/h1-25,27-28,32H,26H2. The Hall–Kier alpha value is -5.20. The van der Waals surface area contributed by atoms with E-state index in [1.807, 2.05) is 0 Å². The molecule has 0 fully saturated rings.